The molecule has 0 bridgehead atoms. The molecule has 0 aliphatic heterocycles. The third-order valence-corrected chi connectivity index (χ3v) is 3.79. The van der Waals surface area contributed by atoms with Gasteiger partial charge in [-0.2, -0.15) is 0 Å². The van der Waals surface area contributed by atoms with E-state index in [1.54, 1.807) is 12.1 Å². The van der Waals surface area contributed by atoms with Gasteiger partial charge in [0.25, 0.3) is 0 Å². The number of hydrogen-bond acceptors (Lipinski definition) is 4. The first-order valence-electron chi connectivity index (χ1n) is 5.30. The number of anilines is 2. The Morgan fingerprint density at radius 3 is 2.61 bits per heavy atom. The van der Waals surface area contributed by atoms with Gasteiger partial charge in [0.05, 0.1) is 0 Å². The van der Waals surface area contributed by atoms with E-state index < -0.39 is 0 Å². The van der Waals surface area contributed by atoms with Gasteiger partial charge in [-0.25, -0.2) is 9.37 Å². The molecule has 1 aromatic heterocycles. The summed E-state index contributed by atoms with van der Waals surface area (Å²) in [5.74, 6) is -0.291. The lowest BCUT2D eigenvalue weighted by atomic mass is 10.3. The lowest BCUT2D eigenvalue weighted by Crippen LogP contribution is -2.15. The molecule has 0 amide bonds. The van der Waals surface area contributed by atoms with Crippen LogP contribution in [0.5, 0.6) is 0 Å². The van der Waals surface area contributed by atoms with Crippen LogP contribution in [0.2, 0.25) is 5.15 Å². The highest BCUT2D eigenvalue weighted by atomic mass is 35.5. The maximum absolute atomic E-state index is 12.9. The summed E-state index contributed by atoms with van der Waals surface area (Å²) in [5, 5.41) is 0.821. The minimum absolute atomic E-state index is 0.200. The zero-order valence-corrected chi connectivity index (χ0v) is 11.1. The van der Waals surface area contributed by atoms with Crippen LogP contribution in [0.25, 0.3) is 0 Å². The van der Waals surface area contributed by atoms with Crippen LogP contribution in [-0.4, -0.2) is 17.8 Å². The SMILES string of the molecule is CCN(c1ccc(F)cc1)c1nc(Cl)c(C=O)s1. The molecular weight excluding hydrogens is 275 g/mol. The predicted molar refractivity (Wildman–Crippen MR) is 71.6 cm³/mol. The molecule has 94 valence electrons. The van der Waals surface area contributed by atoms with Crippen molar-refractivity contribution in [2.45, 2.75) is 6.92 Å². The van der Waals surface area contributed by atoms with Gasteiger partial charge in [-0.15, -0.1) is 0 Å². The number of carbonyl (C=O) groups is 1. The summed E-state index contributed by atoms with van der Waals surface area (Å²) >= 11 is 7.05. The van der Waals surface area contributed by atoms with Crippen molar-refractivity contribution in [2.24, 2.45) is 0 Å². The summed E-state index contributed by atoms with van der Waals surface area (Å²) in [7, 11) is 0. The predicted octanol–water partition coefficient (Wildman–Crippen LogP) is 3.91. The molecule has 0 radical (unpaired) electrons. The van der Waals surface area contributed by atoms with E-state index in [1.165, 1.54) is 23.5 Å². The van der Waals surface area contributed by atoms with Crippen LogP contribution in [0.3, 0.4) is 0 Å². The number of hydrogen-bond donors (Lipinski definition) is 0. The minimum Gasteiger partial charge on any atom is -0.318 e. The van der Waals surface area contributed by atoms with Crippen molar-refractivity contribution in [1.82, 2.24) is 4.98 Å². The molecule has 1 aromatic carbocycles. The summed E-state index contributed by atoms with van der Waals surface area (Å²) in [6.45, 7) is 2.59. The van der Waals surface area contributed by atoms with Crippen molar-refractivity contribution in [1.29, 1.82) is 0 Å². The molecule has 0 aliphatic carbocycles. The fourth-order valence-corrected chi connectivity index (χ4v) is 2.69. The fourth-order valence-electron chi connectivity index (χ4n) is 1.54. The van der Waals surface area contributed by atoms with E-state index in [0.717, 1.165) is 5.69 Å². The van der Waals surface area contributed by atoms with E-state index in [2.05, 4.69) is 4.98 Å². The second-order valence-corrected chi connectivity index (χ2v) is 4.86. The number of nitrogens with zero attached hydrogens (tertiary/aromatic N) is 2. The van der Waals surface area contributed by atoms with E-state index in [1.807, 2.05) is 11.8 Å². The fraction of sp³-hybridized carbons (Fsp3) is 0.167. The highest BCUT2D eigenvalue weighted by Gasteiger charge is 2.15. The smallest absolute Gasteiger partial charge is 0.191 e. The van der Waals surface area contributed by atoms with Crippen molar-refractivity contribution in [2.75, 3.05) is 11.4 Å². The lowest BCUT2D eigenvalue weighted by Gasteiger charge is -2.19. The van der Waals surface area contributed by atoms with Crippen molar-refractivity contribution in [3.8, 4) is 0 Å². The average Bonchev–Trinajstić information content (AvgIpc) is 2.74. The molecule has 0 saturated heterocycles. The number of rotatable bonds is 4. The standard InChI is InChI=1S/C12H10ClFN2OS/c1-2-16(9-5-3-8(14)4-6-9)12-15-11(13)10(7-17)18-12/h3-7H,2H2,1H3. The number of thiazole rings is 1. The monoisotopic (exact) mass is 284 g/mol. The Morgan fingerprint density at radius 1 is 1.44 bits per heavy atom. The molecule has 0 N–H and O–H groups in total. The molecule has 0 atom stereocenters. The molecule has 3 nitrogen and oxygen atoms in total. The van der Waals surface area contributed by atoms with E-state index in [0.29, 0.717) is 22.8 Å². The van der Waals surface area contributed by atoms with Crippen molar-refractivity contribution in [3.63, 3.8) is 0 Å². The molecule has 6 heteroatoms. The number of halogens is 2. The number of carbonyl (C=O) groups excluding carboxylic acids is 1. The maximum atomic E-state index is 12.9. The van der Waals surface area contributed by atoms with Crippen LogP contribution in [0.15, 0.2) is 24.3 Å². The number of aromatic nitrogens is 1. The van der Waals surface area contributed by atoms with Gasteiger partial charge in [0, 0.05) is 12.2 Å². The molecule has 1 heterocycles. The van der Waals surface area contributed by atoms with E-state index in [-0.39, 0.29) is 11.0 Å². The Kier molecular flexibility index (Phi) is 3.93. The summed E-state index contributed by atoms with van der Waals surface area (Å²) in [6, 6.07) is 6.09. The van der Waals surface area contributed by atoms with Gasteiger partial charge >= 0.3 is 0 Å². The molecule has 0 fully saturated rings. The topological polar surface area (TPSA) is 33.2 Å². The van der Waals surface area contributed by atoms with Crippen LogP contribution in [0.4, 0.5) is 15.2 Å². The minimum atomic E-state index is -0.291. The molecule has 2 aromatic rings. The highest BCUT2D eigenvalue weighted by molar-refractivity contribution is 7.17. The van der Waals surface area contributed by atoms with Crippen molar-refractivity contribution >= 4 is 40.0 Å². The summed E-state index contributed by atoms with van der Waals surface area (Å²) in [6.07, 6.45) is 0.683. The van der Waals surface area contributed by atoms with E-state index >= 15 is 0 Å². The molecular formula is C12H10ClFN2OS. The molecule has 0 saturated carbocycles. The van der Waals surface area contributed by atoms with Crippen LogP contribution in [-0.2, 0) is 0 Å². The Morgan fingerprint density at radius 2 is 2.11 bits per heavy atom. The van der Waals surface area contributed by atoms with Crippen LogP contribution in [0.1, 0.15) is 16.6 Å². The molecule has 0 spiro atoms. The van der Waals surface area contributed by atoms with Crippen LogP contribution in [0, 0.1) is 5.82 Å². The van der Waals surface area contributed by atoms with Crippen LogP contribution >= 0.6 is 22.9 Å². The first-order valence-corrected chi connectivity index (χ1v) is 6.49. The Hall–Kier alpha value is -1.46. The second kappa shape index (κ2) is 5.46. The first-order chi connectivity index (χ1) is 8.65. The third-order valence-electron chi connectivity index (χ3n) is 2.39. The molecule has 0 aliphatic rings. The average molecular weight is 285 g/mol. The number of benzene rings is 1. The molecule has 18 heavy (non-hydrogen) atoms. The number of aldehydes is 1. The first kappa shape index (κ1) is 13.0. The Labute approximate surface area is 113 Å². The third kappa shape index (κ3) is 2.52. The van der Waals surface area contributed by atoms with Crippen LogP contribution < -0.4 is 4.90 Å². The van der Waals surface area contributed by atoms with Crippen molar-refractivity contribution in [3.05, 3.63) is 40.1 Å². The highest BCUT2D eigenvalue weighted by Crippen LogP contribution is 2.32. The van der Waals surface area contributed by atoms with Crippen molar-refractivity contribution < 1.29 is 9.18 Å². The summed E-state index contributed by atoms with van der Waals surface area (Å²) < 4.78 is 12.9. The summed E-state index contributed by atoms with van der Waals surface area (Å²) in [4.78, 5) is 17.1. The lowest BCUT2D eigenvalue weighted by molar-refractivity contribution is 0.112. The van der Waals surface area contributed by atoms with Gasteiger partial charge in [0.2, 0.25) is 0 Å². The zero-order chi connectivity index (χ0) is 13.1. The molecule has 0 unspecified atom stereocenters. The van der Waals surface area contributed by atoms with Gasteiger partial charge < -0.3 is 4.90 Å². The van der Waals surface area contributed by atoms with Gasteiger partial charge in [0.15, 0.2) is 16.6 Å². The van der Waals surface area contributed by atoms with E-state index in [4.69, 9.17) is 11.6 Å². The quantitative estimate of drug-likeness (QED) is 0.798. The van der Waals surface area contributed by atoms with E-state index in [9.17, 15) is 9.18 Å². The van der Waals surface area contributed by atoms with Gasteiger partial charge in [-0.3, -0.25) is 4.79 Å². The Bertz CT molecular complexity index is 556. The maximum Gasteiger partial charge on any atom is 0.191 e. The summed E-state index contributed by atoms with van der Waals surface area (Å²) in [5.41, 5.74) is 0.807. The second-order valence-electron chi connectivity index (χ2n) is 3.49. The van der Waals surface area contributed by atoms with Gasteiger partial charge in [-0.05, 0) is 31.2 Å². The van der Waals surface area contributed by atoms with Gasteiger partial charge in [0.1, 0.15) is 10.7 Å². The van der Waals surface area contributed by atoms with Gasteiger partial charge in [-0.1, -0.05) is 22.9 Å². The Balaban J connectivity index is 2.38. The molecule has 2 rings (SSSR count). The zero-order valence-electron chi connectivity index (χ0n) is 9.56. The largest absolute Gasteiger partial charge is 0.318 e. The normalized spacial score (nSPS) is 10.4.